The molecule has 0 atom stereocenters. The van der Waals surface area contributed by atoms with Crippen LogP contribution in [0.3, 0.4) is 0 Å². The highest BCUT2D eigenvalue weighted by Crippen LogP contribution is 2.39. The van der Waals surface area contributed by atoms with Gasteiger partial charge in [-0.05, 0) is 81.9 Å². The van der Waals surface area contributed by atoms with E-state index in [1.165, 1.54) is 77.0 Å². The molecule has 0 amide bonds. The summed E-state index contributed by atoms with van der Waals surface area (Å²) in [7, 11) is 0. The summed E-state index contributed by atoms with van der Waals surface area (Å²) in [6, 6.07) is 70.4. The van der Waals surface area contributed by atoms with Crippen LogP contribution in [0.15, 0.2) is 194 Å². The van der Waals surface area contributed by atoms with Crippen LogP contribution in [-0.4, -0.2) is 9.13 Å². The van der Waals surface area contributed by atoms with Crippen molar-refractivity contribution in [1.82, 2.24) is 9.13 Å². The predicted molar refractivity (Wildman–Crippen MR) is 211 cm³/mol. The van der Waals surface area contributed by atoms with Crippen LogP contribution in [0.4, 0.5) is 0 Å². The smallest absolute Gasteiger partial charge is 0.0547 e. The molecule has 0 spiro atoms. The molecule has 0 fully saturated rings. The molecule has 2 heteroatoms. The van der Waals surface area contributed by atoms with Gasteiger partial charge in [0.1, 0.15) is 0 Å². The largest absolute Gasteiger partial charge is 0.309 e. The van der Waals surface area contributed by atoms with E-state index in [9.17, 15) is 0 Å². The number of hydrogen-bond donors (Lipinski definition) is 0. The second kappa shape index (κ2) is 11.5. The van der Waals surface area contributed by atoms with Gasteiger partial charge in [0.25, 0.3) is 0 Å². The second-order valence-corrected chi connectivity index (χ2v) is 13.0. The van der Waals surface area contributed by atoms with E-state index in [0.717, 1.165) is 11.4 Å². The lowest BCUT2D eigenvalue weighted by molar-refractivity contribution is 1.18. The van der Waals surface area contributed by atoms with Gasteiger partial charge in [0, 0.05) is 32.9 Å². The molecular weight excluding hydrogens is 605 g/mol. The summed E-state index contributed by atoms with van der Waals surface area (Å²) in [5.74, 6) is 0. The van der Waals surface area contributed by atoms with E-state index in [-0.39, 0.29) is 0 Å². The topological polar surface area (TPSA) is 9.86 Å². The Balaban J connectivity index is 1.17. The van der Waals surface area contributed by atoms with E-state index in [2.05, 4.69) is 203 Å². The second-order valence-electron chi connectivity index (χ2n) is 13.0. The Morgan fingerprint density at radius 3 is 1.32 bits per heavy atom. The molecule has 0 aliphatic carbocycles. The van der Waals surface area contributed by atoms with Crippen molar-refractivity contribution in [2.45, 2.75) is 0 Å². The van der Waals surface area contributed by atoms with E-state index in [0.29, 0.717) is 0 Å². The molecule has 0 bridgehead atoms. The minimum Gasteiger partial charge on any atom is -0.309 e. The van der Waals surface area contributed by atoms with Gasteiger partial charge in [0.15, 0.2) is 0 Å². The van der Waals surface area contributed by atoms with Crippen LogP contribution in [0.1, 0.15) is 0 Å². The molecular formula is C48H32N2. The Kier molecular flexibility index (Phi) is 6.53. The average Bonchev–Trinajstić information content (AvgIpc) is 3.71. The monoisotopic (exact) mass is 636 g/mol. The fourth-order valence-corrected chi connectivity index (χ4v) is 7.85. The van der Waals surface area contributed by atoms with Crippen molar-refractivity contribution in [3.8, 4) is 44.8 Å². The summed E-state index contributed by atoms with van der Waals surface area (Å²) in [5.41, 5.74) is 14.4. The maximum Gasteiger partial charge on any atom is 0.0547 e. The zero-order valence-corrected chi connectivity index (χ0v) is 27.4. The molecule has 2 nitrogen and oxygen atoms in total. The number of nitrogens with zero attached hydrogens (tertiary/aromatic N) is 2. The Labute approximate surface area is 290 Å². The summed E-state index contributed by atoms with van der Waals surface area (Å²) < 4.78 is 4.83. The van der Waals surface area contributed by atoms with E-state index >= 15 is 0 Å². The molecule has 10 aromatic rings. The Bertz CT molecular complexity index is 2800. The number of rotatable bonds is 5. The van der Waals surface area contributed by atoms with E-state index in [1.54, 1.807) is 0 Å². The molecule has 0 saturated carbocycles. The third kappa shape index (κ3) is 4.50. The summed E-state index contributed by atoms with van der Waals surface area (Å²) in [4.78, 5) is 0. The highest BCUT2D eigenvalue weighted by Gasteiger charge is 2.17. The minimum absolute atomic E-state index is 1.14. The van der Waals surface area contributed by atoms with Crippen molar-refractivity contribution in [3.05, 3.63) is 194 Å². The first-order valence-electron chi connectivity index (χ1n) is 17.2. The van der Waals surface area contributed by atoms with Crippen LogP contribution in [0.25, 0.3) is 88.4 Å². The molecule has 0 radical (unpaired) electrons. The van der Waals surface area contributed by atoms with Crippen LogP contribution in [0.5, 0.6) is 0 Å². The van der Waals surface area contributed by atoms with Crippen LogP contribution in [-0.2, 0) is 0 Å². The molecule has 8 aromatic carbocycles. The summed E-state index contributed by atoms with van der Waals surface area (Å²) in [5, 5.41) is 5.04. The van der Waals surface area contributed by atoms with Crippen molar-refractivity contribution in [1.29, 1.82) is 0 Å². The lowest BCUT2D eigenvalue weighted by Gasteiger charge is -2.15. The van der Waals surface area contributed by atoms with Crippen LogP contribution < -0.4 is 0 Å². The first-order chi connectivity index (χ1) is 24.8. The van der Waals surface area contributed by atoms with Gasteiger partial charge in [-0.3, -0.25) is 0 Å². The van der Waals surface area contributed by atoms with Gasteiger partial charge in [-0.15, -0.1) is 0 Å². The normalized spacial score (nSPS) is 11.6. The van der Waals surface area contributed by atoms with Crippen LogP contribution in [0, 0.1) is 0 Å². The third-order valence-electron chi connectivity index (χ3n) is 10.1. The average molecular weight is 637 g/mol. The van der Waals surface area contributed by atoms with Crippen LogP contribution in [0.2, 0.25) is 0 Å². The summed E-state index contributed by atoms with van der Waals surface area (Å²) >= 11 is 0. The SMILES string of the molecule is c1ccc(-c2ccc(-n3c4ccccc4c4ccc(-c5cccc(-n6c7ccccc7c7ccccc76)c5)cc43)cc2-c2ccccc2)cc1. The van der Waals surface area contributed by atoms with Gasteiger partial charge in [-0.25, -0.2) is 0 Å². The maximum atomic E-state index is 2.44. The number of fused-ring (bicyclic) bond motifs is 6. The molecule has 2 heterocycles. The lowest BCUT2D eigenvalue weighted by Crippen LogP contribution is -1.96. The fraction of sp³-hybridized carbons (Fsp3) is 0. The first kappa shape index (κ1) is 28.4. The molecule has 0 saturated heterocycles. The van der Waals surface area contributed by atoms with Gasteiger partial charge in [-0.2, -0.15) is 0 Å². The highest BCUT2D eigenvalue weighted by atomic mass is 15.0. The predicted octanol–water partition coefficient (Wildman–Crippen LogP) is 12.9. The highest BCUT2D eigenvalue weighted by molar-refractivity contribution is 6.11. The van der Waals surface area contributed by atoms with Crippen molar-refractivity contribution in [2.75, 3.05) is 0 Å². The van der Waals surface area contributed by atoms with Gasteiger partial charge in [-0.1, -0.05) is 146 Å². The van der Waals surface area contributed by atoms with Gasteiger partial charge < -0.3 is 9.13 Å². The third-order valence-corrected chi connectivity index (χ3v) is 10.1. The molecule has 2 aromatic heterocycles. The Morgan fingerprint density at radius 2 is 0.700 bits per heavy atom. The molecule has 0 N–H and O–H groups in total. The molecule has 10 rings (SSSR count). The summed E-state index contributed by atoms with van der Waals surface area (Å²) in [6.45, 7) is 0. The first-order valence-corrected chi connectivity index (χ1v) is 17.2. The fourth-order valence-electron chi connectivity index (χ4n) is 7.85. The van der Waals surface area contributed by atoms with Gasteiger partial charge in [0.2, 0.25) is 0 Å². The van der Waals surface area contributed by atoms with Crippen molar-refractivity contribution >= 4 is 43.6 Å². The maximum absolute atomic E-state index is 2.44. The zero-order chi connectivity index (χ0) is 33.0. The quantitative estimate of drug-likeness (QED) is 0.178. The molecule has 0 aliphatic heterocycles. The van der Waals surface area contributed by atoms with Gasteiger partial charge in [0.05, 0.1) is 22.1 Å². The van der Waals surface area contributed by atoms with Crippen LogP contribution >= 0.6 is 0 Å². The van der Waals surface area contributed by atoms with Crippen molar-refractivity contribution in [2.24, 2.45) is 0 Å². The number of benzene rings is 8. The van der Waals surface area contributed by atoms with Crippen molar-refractivity contribution in [3.63, 3.8) is 0 Å². The Hall–Kier alpha value is -6.64. The lowest BCUT2D eigenvalue weighted by atomic mass is 9.94. The minimum atomic E-state index is 1.14. The molecule has 50 heavy (non-hydrogen) atoms. The number of para-hydroxylation sites is 3. The summed E-state index contributed by atoms with van der Waals surface area (Å²) in [6.07, 6.45) is 0. The molecule has 0 unspecified atom stereocenters. The number of hydrogen-bond acceptors (Lipinski definition) is 0. The van der Waals surface area contributed by atoms with Gasteiger partial charge >= 0.3 is 0 Å². The molecule has 234 valence electrons. The van der Waals surface area contributed by atoms with E-state index in [4.69, 9.17) is 0 Å². The van der Waals surface area contributed by atoms with Crippen molar-refractivity contribution < 1.29 is 0 Å². The number of aromatic nitrogens is 2. The molecule has 0 aliphatic rings. The zero-order valence-electron chi connectivity index (χ0n) is 27.4. The van der Waals surface area contributed by atoms with E-state index < -0.39 is 0 Å². The standard InChI is InChI=1S/C48H32N2/c1-3-14-33(15-4-1)39-29-27-38(32-44(39)34-16-5-2-6-17-34)50-47-25-12-9-22-42(47)43-28-26-36(31-48(43)50)35-18-13-19-37(30-35)49-45-23-10-7-20-40(45)41-21-8-11-24-46(41)49/h1-32H. The Morgan fingerprint density at radius 1 is 0.240 bits per heavy atom. The van der Waals surface area contributed by atoms with E-state index in [1.807, 2.05) is 0 Å².